The van der Waals surface area contributed by atoms with Crippen LogP contribution in [0.25, 0.3) is 44.6 Å². The predicted molar refractivity (Wildman–Crippen MR) is 206 cm³/mol. The summed E-state index contributed by atoms with van der Waals surface area (Å²) in [5, 5.41) is 16.5. The lowest BCUT2D eigenvalue weighted by Crippen LogP contribution is -2.37. The van der Waals surface area contributed by atoms with E-state index in [0.29, 0.717) is 64.3 Å². The summed E-state index contributed by atoms with van der Waals surface area (Å²) in [6, 6.07) is 6.96. The SMILES string of the molecule is CC(C)N(CCCCn1ncc2c(-c3ccc(S(N)(=O)=O)c(-c4ncnc5c4cnn5CCCCN(C(C)C)C(C)C)c3)ncnc21)C(C)C.Cl. The second-order valence-electron chi connectivity index (χ2n) is 14.2. The van der Waals surface area contributed by atoms with Crippen molar-refractivity contribution < 1.29 is 8.42 Å². The molecule has 0 aliphatic carbocycles. The van der Waals surface area contributed by atoms with E-state index < -0.39 is 10.0 Å². The van der Waals surface area contributed by atoms with Crippen molar-refractivity contribution in [3.63, 3.8) is 0 Å². The number of benzene rings is 1. The molecule has 0 radical (unpaired) electrons. The molecule has 0 saturated heterocycles. The third-order valence-electron chi connectivity index (χ3n) is 9.41. The van der Waals surface area contributed by atoms with Gasteiger partial charge in [-0.25, -0.2) is 42.9 Å². The highest BCUT2D eigenvalue weighted by atomic mass is 35.5. The van der Waals surface area contributed by atoms with E-state index in [9.17, 15) is 8.42 Å². The van der Waals surface area contributed by atoms with Gasteiger partial charge >= 0.3 is 0 Å². The molecule has 0 fully saturated rings. The minimum absolute atomic E-state index is 0. The van der Waals surface area contributed by atoms with Crippen LogP contribution in [0.5, 0.6) is 0 Å². The highest BCUT2D eigenvalue weighted by Crippen LogP contribution is 2.35. The average Bonchev–Trinajstić information content (AvgIpc) is 3.67. The second-order valence-corrected chi connectivity index (χ2v) is 15.7. The molecule has 0 saturated carbocycles. The van der Waals surface area contributed by atoms with Crippen molar-refractivity contribution in [2.24, 2.45) is 5.14 Å². The highest BCUT2D eigenvalue weighted by molar-refractivity contribution is 7.89. The number of aromatic nitrogens is 8. The molecule has 0 unspecified atom stereocenters. The van der Waals surface area contributed by atoms with Gasteiger partial charge in [0.05, 0.1) is 39.4 Å². The maximum absolute atomic E-state index is 12.9. The molecule has 0 aliphatic heterocycles. The summed E-state index contributed by atoms with van der Waals surface area (Å²) >= 11 is 0. The first-order valence-corrected chi connectivity index (χ1v) is 19.3. The number of hydrogen-bond acceptors (Lipinski definition) is 10. The van der Waals surface area contributed by atoms with E-state index in [1.807, 2.05) is 9.36 Å². The van der Waals surface area contributed by atoms with Gasteiger partial charge in [-0.05, 0) is 106 Å². The first kappa shape index (κ1) is 40.2. The van der Waals surface area contributed by atoms with Crippen molar-refractivity contribution in [2.75, 3.05) is 13.1 Å². The van der Waals surface area contributed by atoms with Gasteiger partial charge in [0.2, 0.25) is 10.0 Å². The predicted octanol–water partition coefficient (Wildman–Crippen LogP) is 6.17. The third-order valence-corrected chi connectivity index (χ3v) is 10.4. The van der Waals surface area contributed by atoms with E-state index >= 15 is 0 Å². The van der Waals surface area contributed by atoms with Gasteiger partial charge in [0, 0.05) is 48.4 Å². The Morgan fingerprint density at radius 2 is 1.12 bits per heavy atom. The molecule has 0 spiro atoms. The maximum atomic E-state index is 12.9. The third kappa shape index (κ3) is 9.28. The van der Waals surface area contributed by atoms with E-state index in [1.54, 1.807) is 24.5 Å². The number of halogens is 1. The van der Waals surface area contributed by atoms with E-state index in [-0.39, 0.29) is 17.3 Å². The molecule has 15 heteroatoms. The molecule has 51 heavy (non-hydrogen) atoms. The Morgan fingerprint density at radius 1 is 0.667 bits per heavy atom. The maximum Gasteiger partial charge on any atom is 0.238 e. The Morgan fingerprint density at radius 3 is 1.57 bits per heavy atom. The molecule has 4 aromatic heterocycles. The summed E-state index contributed by atoms with van der Waals surface area (Å²) in [4.78, 5) is 23.2. The Labute approximate surface area is 308 Å². The number of hydrogen-bond donors (Lipinski definition) is 1. The first-order chi connectivity index (χ1) is 23.8. The van der Waals surface area contributed by atoms with Gasteiger partial charge in [-0.3, -0.25) is 9.80 Å². The standard InChI is InChI=1S/C36H53N11O2S.ClH/c1-24(2)44(25(3)4)15-9-11-17-46-35-30(20-42-46)33(38-22-40-35)28-13-14-32(50(37,48)49)29(19-28)34-31-21-43-47(36(31)41-23-39-34)18-12-10-16-45(26(5)6)27(7)8;/h13-14,19-27H,9-12,15-18H2,1-8H3,(H2,37,48,49);1H. The minimum atomic E-state index is -4.10. The molecule has 0 bridgehead atoms. The minimum Gasteiger partial charge on any atom is -0.299 e. The quantitative estimate of drug-likeness (QED) is 0.110. The Hall–Kier alpha value is -3.56. The van der Waals surface area contributed by atoms with Crippen LogP contribution in [0.15, 0.2) is 48.1 Å². The van der Waals surface area contributed by atoms with Crippen LogP contribution in [-0.4, -0.2) is 95.0 Å². The van der Waals surface area contributed by atoms with Crippen LogP contribution in [-0.2, 0) is 23.1 Å². The van der Waals surface area contributed by atoms with Crippen LogP contribution in [0, 0.1) is 0 Å². The van der Waals surface area contributed by atoms with E-state index in [0.717, 1.165) is 56.4 Å². The summed E-state index contributed by atoms with van der Waals surface area (Å²) in [7, 11) is -4.10. The van der Waals surface area contributed by atoms with Crippen LogP contribution in [0.3, 0.4) is 0 Å². The molecule has 278 valence electrons. The van der Waals surface area contributed by atoms with Crippen molar-refractivity contribution in [3.8, 4) is 22.5 Å². The van der Waals surface area contributed by atoms with E-state index in [4.69, 9.17) is 5.14 Å². The Balaban J connectivity index is 0.00000583. The normalized spacial score (nSPS) is 12.5. The number of fused-ring (bicyclic) bond motifs is 2. The van der Waals surface area contributed by atoms with Crippen molar-refractivity contribution >= 4 is 44.5 Å². The summed E-state index contributed by atoms with van der Waals surface area (Å²) < 4.78 is 29.5. The topological polar surface area (TPSA) is 154 Å². The largest absolute Gasteiger partial charge is 0.299 e. The van der Waals surface area contributed by atoms with Gasteiger partial charge in [-0.15, -0.1) is 12.4 Å². The summed E-state index contributed by atoms with van der Waals surface area (Å²) in [6.07, 6.45) is 10.4. The van der Waals surface area contributed by atoms with Gasteiger partial charge in [-0.2, -0.15) is 10.2 Å². The van der Waals surface area contributed by atoms with Gasteiger partial charge < -0.3 is 0 Å². The van der Waals surface area contributed by atoms with Gasteiger partial charge in [0.15, 0.2) is 11.3 Å². The van der Waals surface area contributed by atoms with Gasteiger partial charge in [0.25, 0.3) is 0 Å². The molecule has 0 atom stereocenters. The van der Waals surface area contributed by atoms with Crippen LogP contribution >= 0.6 is 12.4 Å². The molecular formula is C36H54ClN11O2S. The summed E-state index contributed by atoms with van der Waals surface area (Å²) in [5.41, 5.74) is 3.51. The zero-order chi connectivity index (χ0) is 36.2. The smallest absolute Gasteiger partial charge is 0.238 e. The number of nitrogens with two attached hydrogens (primary N) is 1. The molecule has 5 rings (SSSR count). The lowest BCUT2D eigenvalue weighted by atomic mass is 10.0. The van der Waals surface area contributed by atoms with Crippen LogP contribution in [0.2, 0.25) is 0 Å². The molecule has 4 heterocycles. The van der Waals surface area contributed by atoms with Crippen molar-refractivity contribution in [1.82, 2.24) is 49.3 Å². The fourth-order valence-electron chi connectivity index (χ4n) is 7.01. The summed E-state index contributed by atoms with van der Waals surface area (Å²) in [5.74, 6) is 0. The number of unbranched alkanes of at least 4 members (excludes halogenated alkanes) is 2. The average molecular weight is 740 g/mol. The van der Waals surface area contributed by atoms with Crippen molar-refractivity contribution in [2.45, 2.75) is 123 Å². The number of rotatable bonds is 17. The summed E-state index contributed by atoms with van der Waals surface area (Å²) in [6.45, 7) is 21.3. The second kappa shape index (κ2) is 17.3. The van der Waals surface area contributed by atoms with Crippen molar-refractivity contribution in [1.29, 1.82) is 0 Å². The Kier molecular flexibility index (Phi) is 13.6. The fourth-order valence-corrected chi connectivity index (χ4v) is 7.73. The lowest BCUT2D eigenvalue weighted by molar-refractivity contribution is 0.170. The van der Waals surface area contributed by atoms with Crippen LogP contribution in [0.1, 0.15) is 81.1 Å². The van der Waals surface area contributed by atoms with E-state index in [2.05, 4.69) is 95.3 Å². The fraction of sp³-hybridized carbons (Fsp3) is 0.556. The van der Waals surface area contributed by atoms with Gasteiger partial charge in [-0.1, -0.05) is 6.07 Å². The molecule has 1 aromatic carbocycles. The molecule has 0 amide bonds. The zero-order valence-corrected chi connectivity index (χ0v) is 32.8. The van der Waals surface area contributed by atoms with E-state index in [1.165, 1.54) is 18.7 Å². The number of sulfonamides is 1. The molecule has 13 nitrogen and oxygen atoms in total. The van der Waals surface area contributed by atoms with Gasteiger partial charge in [0.1, 0.15) is 12.7 Å². The monoisotopic (exact) mass is 739 g/mol. The molecular weight excluding hydrogens is 686 g/mol. The lowest BCUT2D eigenvalue weighted by Gasteiger charge is -2.30. The van der Waals surface area contributed by atoms with Crippen LogP contribution in [0.4, 0.5) is 0 Å². The van der Waals surface area contributed by atoms with Crippen molar-refractivity contribution in [3.05, 3.63) is 43.2 Å². The highest BCUT2D eigenvalue weighted by Gasteiger charge is 2.23. The first-order valence-electron chi connectivity index (χ1n) is 17.8. The number of nitrogens with zero attached hydrogens (tertiary/aromatic N) is 10. The molecule has 2 N–H and O–H groups in total. The molecule has 5 aromatic rings. The number of aryl methyl sites for hydroxylation is 2. The zero-order valence-electron chi connectivity index (χ0n) is 31.2. The number of primary sulfonamides is 1. The molecule has 0 aliphatic rings. The Bertz CT molecular complexity index is 1990. The van der Waals surface area contributed by atoms with Crippen LogP contribution < -0.4 is 5.14 Å².